The van der Waals surface area contributed by atoms with Crippen molar-refractivity contribution < 1.29 is 5.11 Å². The Balaban J connectivity index is 1.47. The van der Waals surface area contributed by atoms with Crippen molar-refractivity contribution in [3.63, 3.8) is 0 Å². The maximum Gasteiger partial charge on any atom is 0.0577 e. The maximum absolute atomic E-state index is 10.2. The van der Waals surface area contributed by atoms with E-state index < -0.39 is 0 Å². The zero-order chi connectivity index (χ0) is 21.7. The third-order valence-electron chi connectivity index (χ3n) is 11.3. The zero-order valence-electron chi connectivity index (χ0n) is 20.9. The Morgan fingerprint density at radius 1 is 1.00 bits per heavy atom. The molecule has 30 heavy (non-hydrogen) atoms. The summed E-state index contributed by atoms with van der Waals surface area (Å²) in [5, 5.41) is 10.2. The fourth-order valence-corrected chi connectivity index (χ4v) is 9.30. The van der Waals surface area contributed by atoms with E-state index in [1.54, 1.807) is 5.57 Å². The normalized spacial score (nSPS) is 45.3. The molecule has 172 valence electrons. The van der Waals surface area contributed by atoms with Gasteiger partial charge in [-0.1, -0.05) is 66.0 Å². The predicted molar refractivity (Wildman–Crippen MR) is 128 cm³/mol. The van der Waals surface area contributed by atoms with Gasteiger partial charge in [0, 0.05) is 0 Å². The maximum atomic E-state index is 10.2. The Morgan fingerprint density at radius 3 is 2.47 bits per heavy atom. The molecule has 0 bridgehead atoms. The van der Waals surface area contributed by atoms with Crippen LogP contribution in [0, 0.1) is 52.3 Å². The highest BCUT2D eigenvalue weighted by atomic mass is 16.3. The lowest BCUT2D eigenvalue weighted by molar-refractivity contribution is -0.0575. The molecule has 0 aliphatic heterocycles. The monoisotopic (exact) mass is 414 g/mol. The SMILES string of the molecule is CC[C@H](CC[C@H](C)[C@@H]1CC[C@H]2[C@@H]3CC=C4C[C@@H](O)CC[C@]4(C)[C@H]3CC[C@]21C)C(C)C. The molecule has 4 aliphatic carbocycles. The summed E-state index contributed by atoms with van der Waals surface area (Å²) in [5.74, 6) is 6.31. The Morgan fingerprint density at radius 2 is 1.77 bits per heavy atom. The van der Waals surface area contributed by atoms with Crippen molar-refractivity contribution in [3.8, 4) is 0 Å². The van der Waals surface area contributed by atoms with Gasteiger partial charge >= 0.3 is 0 Å². The first kappa shape index (κ1) is 22.9. The number of aliphatic hydroxyl groups excluding tert-OH is 1. The summed E-state index contributed by atoms with van der Waals surface area (Å²) in [6, 6.07) is 0. The minimum Gasteiger partial charge on any atom is -0.393 e. The summed E-state index contributed by atoms with van der Waals surface area (Å²) < 4.78 is 0. The number of fused-ring (bicyclic) bond motifs is 5. The average molecular weight is 415 g/mol. The number of hydrogen-bond donors (Lipinski definition) is 1. The largest absolute Gasteiger partial charge is 0.393 e. The molecular formula is C29H50O. The molecule has 0 aromatic heterocycles. The van der Waals surface area contributed by atoms with Gasteiger partial charge in [0.25, 0.3) is 0 Å². The quantitative estimate of drug-likeness (QED) is 0.436. The van der Waals surface area contributed by atoms with Crippen molar-refractivity contribution >= 4 is 0 Å². The summed E-state index contributed by atoms with van der Waals surface area (Å²) in [6.45, 7) is 15.1. The van der Waals surface area contributed by atoms with Gasteiger partial charge in [-0.2, -0.15) is 0 Å². The molecule has 0 unspecified atom stereocenters. The van der Waals surface area contributed by atoms with E-state index in [1.807, 2.05) is 0 Å². The average Bonchev–Trinajstić information content (AvgIpc) is 3.06. The van der Waals surface area contributed by atoms with Crippen LogP contribution in [0.4, 0.5) is 0 Å². The van der Waals surface area contributed by atoms with Crippen molar-refractivity contribution in [2.24, 2.45) is 52.3 Å². The van der Waals surface area contributed by atoms with Crippen molar-refractivity contribution in [1.29, 1.82) is 0 Å². The molecule has 4 rings (SSSR count). The molecular weight excluding hydrogens is 364 g/mol. The molecule has 4 aliphatic rings. The minimum absolute atomic E-state index is 0.0794. The molecule has 1 nitrogen and oxygen atoms in total. The lowest BCUT2D eigenvalue weighted by Gasteiger charge is -2.58. The van der Waals surface area contributed by atoms with E-state index in [0.29, 0.717) is 10.8 Å². The molecule has 0 heterocycles. The van der Waals surface area contributed by atoms with Gasteiger partial charge in [-0.25, -0.2) is 0 Å². The van der Waals surface area contributed by atoms with Crippen LogP contribution < -0.4 is 0 Å². The summed E-state index contributed by atoms with van der Waals surface area (Å²) in [7, 11) is 0. The smallest absolute Gasteiger partial charge is 0.0577 e. The van der Waals surface area contributed by atoms with Gasteiger partial charge in [-0.05, 0) is 110 Å². The number of rotatable bonds is 6. The topological polar surface area (TPSA) is 20.2 Å². The second-order valence-corrected chi connectivity index (χ2v) is 12.9. The van der Waals surface area contributed by atoms with Crippen LogP contribution in [0.5, 0.6) is 0 Å². The number of allylic oxidation sites excluding steroid dienone is 1. The highest BCUT2D eigenvalue weighted by Gasteiger charge is 2.59. The van der Waals surface area contributed by atoms with Crippen molar-refractivity contribution in [2.75, 3.05) is 0 Å². The number of aliphatic hydroxyl groups is 1. The van der Waals surface area contributed by atoms with E-state index in [-0.39, 0.29) is 6.10 Å². The molecule has 0 aromatic carbocycles. The molecule has 3 saturated carbocycles. The third-order valence-corrected chi connectivity index (χ3v) is 11.3. The van der Waals surface area contributed by atoms with Gasteiger partial charge in [0.1, 0.15) is 0 Å². The van der Waals surface area contributed by atoms with Crippen LogP contribution in [0.1, 0.15) is 112 Å². The predicted octanol–water partition coefficient (Wildman–Crippen LogP) is 8.02. The lowest BCUT2D eigenvalue weighted by Crippen LogP contribution is -2.50. The highest BCUT2D eigenvalue weighted by Crippen LogP contribution is 2.67. The number of hydrogen-bond acceptors (Lipinski definition) is 1. The molecule has 0 radical (unpaired) electrons. The van der Waals surface area contributed by atoms with Crippen LogP contribution in [0.3, 0.4) is 0 Å². The van der Waals surface area contributed by atoms with E-state index in [0.717, 1.165) is 54.3 Å². The molecule has 0 aromatic rings. The van der Waals surface area contributed by atoms with E-state index in [1.165, 1.54) is 57.8 Å². The van der Waals surface area contributed by atoms with Gasteiger partial charge in [0.2, 0.25) is 0 Å². The molecule has 0 spiro atoms. The first-order valence-electron chi connectivity index (χ1n) is 13.6. The van der Waals surface area contributed by atoms with E-state index >= 15 is 0 Å². The van der Waals surface area contributed by atoms with Crippen LogP contribution >= 0.6 is 0 Å². The van der Waals surface area contributed by atoms with Gasteiger partial charge in [0.05, 0.1) is 6.10 Å². The second-order valence-electron chi connectivity index (χ2n) is 12.9. The molecule has 0 saturated heterocycles. The van der Waals surface area contributed by atoms with Crippen molar-refractivity contribution in [1.82, 2.24) is 0 Å². The van der Waals surface area contributed by atoms with Gasteiger partial charge in [-0.15, -0.1) is 0 Å². The third kappa shape index (κ3) is 3.74. The molecule has 1 N–H and O–H groups in total. The first-order chi connectivity index (χ1) is 14.2. The Kier molecular flexibility index (Phi) is 6.53. The van der Waals surface area contributed by atoms with Crippen LogP contribution in [0.2, 0.25) is 0 Å². The molecule has 3 fully saturated rings. The molecule has 0 amide bonds. The van der Waals surface area contributed by atoms with Crippen molar-refractivity contribution in [3.05, 3.63) is 11.6 Å². The van der Waals surface area contributed by atoms with Gasteiger partial charge < -0.3 is 5.11 Å². The fraction of sp³-hybridized carbons (Fsp3) is 0.931. The molecule has 9 atom stereocenters. The van der Waals surface area contributed by atoms with Crippen LogP contribution in [0.15, 0.2) is 11.6 Å². The second kappa shape index (κ2) is 8.57. The van der Waals surface area contributed by atoms with Gasteiger partial charge in [-0.3, -0.25) is 0 Å². The standard InChI is InChI=1S/C29H50O/c1-7-21(19(2)3)9-8-20(4)25-12-13-26-24-11-10-22-18-23(30)14-16-28(22,5)27(24)15-17-29(25,26)6/h10,19-21,23-27,30H,7-9,11-18H2,1-6H3/t20-,21+,23-,24-,25-,26-,27-,28-,29-/m0/s1. The summed E-state index contributed by atoms with van der Waals surface area (Å²) in [4.78, 5) is 0. The summed E-state index contributed by atoms with van der Waals surface area (Å²) >= 11 is 0. The minimum atomic E-state index is -0.0794. The lowest BCUT2D eigenvalue weighted by atomic mass is 9.47. The Hall–Kier alpha value is -0.300. The van der Waals surface area contributed by atoms with E-state index in [2.05, 4.69) is 47.6 Å². The Bertz CT molecular complexity index is 634. The van der Waals surface area contributed by atoms with E-state index in [4.69, 9.17) is 0 Å². The highest BCUT2D eigenvalue weighted by molar-refractivity contribution is 5.25. The Labute approximate surface area is 187 Å². The van der Waals surface area contributed by atoms with Crippen molar-refractivity contribution in [2.45, 2.75) is 118 Å². The first-order valence-corrected chi connectivity index (χ1v) is 13.6. The van der Waals surface area contributed by atoms with Crippen LogP contribution in [-0.4, -0.2) is 11.2 Å². The molecule has 1 heteroatoms. The summed E-state index contributed by atoms with van der Waals surface area (Å²) in [6.07, 6.45) is 17.1. The zero-order valence-corrected chi connectivity index (χ0v) is 20.9. The summed E-state index contributed by atoms with van der Waals surface area (Å²) in [5.41, 5.74) is 2.59. The van der Waals surface area contributed by atoms with E-state index in [9.17, 15) is 5.11 Å². The fourth-order valence-electron chi connectivity index (χ4n) is 9.30. The van der Waals surface area contributed by atoms with Crippen LogP contribution in [-0.2, 0) is 0 Å². The van der Waals surface area contributed by atoms with Gasteiger partial charge in [0.15, 0.2) is 0 Å². The van der Waals surface area contributed by atoms with Crippen LogP contribution in [0.25, 0.3) is 0 Å².